The minimum absolute atomic E-state index is 0.100. The lowest BCUT2D eigenvalue weighted by molar-refractivity contribution is -0.128. The lowest BCUT2D eigenvalue weighted by atomic mass is 10.1. The highest BCUT2D eigenvalue weighted by Crippen LogP contribution is 2.32. The van der Waals surface area contributed by atoms with E-state index in [9.17, 15) is 4.79 Å². The van der Waals surface area contributed by atoms with Gasteiger partial charge in [0.1, 0.15) is 5.82 Å². The second kappa shape index (κ2) is 10.6. The quantitative estimate of drug-likeness (QED) is 0.291. The van der Waals surface area contributed by atoms with Crippen molar-refractivity contribution in [2.45, 2.75) is 38.3 Å². The Kier molecular flexibility index (Phi) is 6.98. The molecule has 2 heterocycles. The van der Waals surface area contributed by atoms with Crippen LogP contribution in [-0.4, -0.2) is 40.6 Å². The van der Waals surface area contributed by atoms with Gasteiger partial charge in [-0.2, -0.15) is 0 Å². The van der Waals surface area contributed by atoms with Gasteiger partial charge in [0, 0.05) is 32.0 Å². The number of imidazole rings is 1. The van der Waals surface area contributed by atoms with Crippen LogP contribution in [0.4, 0.5) is 0 Å². The first kappa shape index (κ1) is 23.0. The highest BCUT2D eigenvalue weighted by Gasteiger charge is 2.33. The zero-order valence-corrected chi connectivity index (χ0v) is 20.1. The Morgan fingerprint density at radius 1 is 0.914 bits per heavy atom. The number of hydrogen-bond donors (Lipinski definition) is 0. The summed E-state index contributed by atoms with van der Waals surface area (Å²) in [5.41, 5.74) is 3.27. The van der Waals surface area contributed by atoms with Crippen LogP contribution in [0.2, 0.25) is 0 Å². The number of ether oxygens (including phenoxy) is 2. The van der Waals surface area contributed by atoms with Crippen molar-refractivity contribution in [2.75, 3.05) is 20.3 Å². The molecule has 4 aromatic rings. The zero-order chi connectivity index (χ0) is 24.0. The number of benzene rings is 3. The van der Waals surface area contributed by atoms with Crippen molar-refractivity contribution in [2.24, 2.45) is 0 Å². The molecule has 1 saturated heterocycles. The highest BCUT2D eigenvalue weighted by molar-refractivity contribution is 5.81. The van der Waals surface area contributed by atoms with Crippen LogP contribution in [0.1, 0.15) is 36.6 Å². The van der Waals surface area contributed by atoms with E-state index in [1.54, 1.807) is 7.11 Å². The van der Waals surface area contributed by atoms with E-state index in [0.717, 1.165) is 53.3 Å². The molecule has 0 bridgehead atoms. The number of carbonyl (C=O) groups excluding carboxylic acids is 1. The lowest BCUT2D eigenvalue weighted by Gasteiger charge is -2.17. The number of fused-ring (bicyclic) bond motifs is 1. The maximum Gasteiger partial charge on any atom is 0.223 e. The van der Waals surface area contributed by atoms with E-state index in [4.69, 9.17) is 14.5 Å². The Morgan fingerprint density at radius 3 is 2.49 bits per heavy atom. The maximum absolute atomic E-state index is 12.8. The first-order valence-electron chi connectivity index (χ1n) is 12.3. The van der Waals surface area contributed by atoms with E-state index < -0.39 is 0 Å². The molecular weight excluding hydrogens is 438 g/mol. The monoisotopic (exact) mass is 469 g/mol. The third-order valence-electron chi connectivity index (χ3n) is 6.58. The molecule has 6 nitrogen and oxygen atoms in total. The molecule has 0 saturated carbocycles. The molecule has 1 amide bonds. The van der Waals surface area contributed by atoms with Crippen LogP contribution in [0.5, 0.6) is 11.5 Å². The Hall–Kier alpha value is -3.80. The van der Waals surface area contributed by atoms with E-state index in [2.05, 4.69) is 34.9 Å². The molecule has 1 fully saturated rings. The number of likely N-dealkylation sites (tertiary alicyclic amines) is 1. The molecule has 0 spiro atoms. The number of rotatable bonds is 10. The molecule has 3 aromatic carbocycles. The van der Waals surface area contributed by atoms with E-state index in [-0.39, 0.29) is 11.8 Å². The number of unbranched alkanes of at least 4 members (excludes halogenated alkanes) is 1. The molecule has 0 radical (unpaired) electrons. The maximum atomic E-state index is 12.8. The molecule has 0 unspecified atom stereocenters. The fraction of sp³-hybridized carbons (Fsp3) is 0.310. The summed E-state index contributed by atoms with van der Waals surface area (Å²) in [7, 11) is 1.66. The fourth-order valence-electron chi connectivity index (χ4n) is 4.83. The highest BCUT2D eigenvalue weighted by atomic mass is 16.5. The van der Waals surface area contributed by atoms with Gasteiger partial charge >= 0.3 is 0 Å². The number of aryl methyl sites for hydroxylation is 1. The number of methoxy groups -OCH3 is 1. The third kappa shape index (κ3) is 5.16. The normalized spacial score (nSPS) is 15.6. The Bertz CT molecular complexity index is 1280. The van der Waals surface area contributed by atoms with Crippen LogP contribution in [-0.2, 0) is 17.9 Å². The summed E-state index contributed by atoms with van der Waals surface area (Å²) < 4.78 is 13.6. The van der Waals surface area contributed by atoms with Gasteiger partial charge in [0.25, 0.3) is 0 Å². The largest absolute Gasteiger partial charge is 0.493 e. The lowest BCUT2D eigenvalue weighted by Crippen LogP contribution is -2.24. The molecule has 35 heavy (non-hydrogen) atoms. The predicted octanol–water partition coefficient (Wildman–Crippen LogP) is 5.42. The van der Waals surface area contributed by atoms with Crippen molar-refractivity contribution < 1.29 is 14.3 Å². The van der Waals surface area contributed by atoms with E-state index in [1.807, 2.05) is 53.4 Å². The Morgan fingerprint density at radius 2 is 1.66 bits per heavy atom. The fourth-order valence-corrected chi connectivity index (χ4v) is 4.83. The molecule has 0 N–H and O–H groups in total. The smallest absolute Gasteiger partial charge is 0.223 e. The standard InChI is InChI=1S/C29H31N3O3/c1-34-26-15-7-8-16-27(26)35-18-10-9-17-32-25-14-6-5-13-24(25)30-29(32)23-19-28(33)31(21-23)20-22-11-3-2-4-12-22/h2-8,11-16,23H,9-10,17-21H2,1H3/t23-/m1/s1. The zero-order valence-electron chi connectivity index (χ0n) is 20.1. The average molecular weight is 470 g/mol. The molecule has 180 valence electrons. The van der Waals surface area contributed by atoms with Crippen molar-refractivity contribution in [3.63, 3.8) is 0 Å². The topological polar surface area (TPSA) is 56.6 Å². The van der Waals surface area contributed by atoms with Crippen molar-refractivity contribution in [3.05, 3.63) is 90.3 Å². The first-order valence-corrected chi connectivity index (χ1v) is 12.3. The van der Waals surface area contributed by atoms with Crippen LogP contribution in [0.25, 0.3) is 11.0 Å². The van der Waals surface area contributed by atoms with Crippen LogP contribution < -0.4 is 9.47 Å². The number of aromatic nitrogens is 2. The third-order valence-corrected chi connectivity index (χ3v) is 6.58. The summed E-state index contributed by atoms with van der Waals surface area (Å²) >= 11 is 0. The van der Waals surface area contributed by atoms with Gasteiger partial charge in [-0.15, -0.1) is 0 Å². The molecule has 6 heteroatoms. The molecular formula is C29H31N3O3. The van der Waals surface area contributed by atoms with Crippen LogP contribution in [0, 0.1) is 0 Å². The summed E-state index contributed by atoms with van der Waals surface area (Å²) in [4.78, 5) is 19.8. The van der Waals surface area contributed by atoms with Gasteiger partial charge in [0.05, 0.1) is 24.8 Å². The van der Waals surface area contributed by atoms with Crippen molar-refractivity contribution in [3.8, 4) is 11.5 Å². The molecule has 1 aliphatic rings. The van der Waals surface area contributed by atoms with Gasteiger partial charge < -0.3 is 18.9 Å². The number of amides is 1. The van der Waals surface area contributed by atoms with Crippen molar-refractivity contribution in [1.82, 2.24) is 14.5 Å². The predicted molar refractivity (Wildman–Crippen MR) is 137 cm³/mol. The first-order chi connectivity index (χ1) is 17.2. The van der Waals surface area contributed by atoms with Crippen LogP contribution in [0.15, 0.2) is 78.9 Å². The molecule has 1 aliphatic heterocycles. The van der Waals surface area contributed by atoms with Crippen LogP contribution >= 0.6 is 0 Å². The van der Waals surface area contributed by atoms with Gasteiger partial charge in [-0.05, 0) is 42.7 Å². The average Bonchev–Trinajstić information content (AvgIpc) is 3.44. The van der Waals surface area contributed by atoms with E-state index in [1.165, 1.54) is 0 Å². The molecule has 5 rings (SSSR count). The van der Waals surface area contributed by atoms with E-state index in [0.29, 0.717) is 26.1 Å². The second-order valence-electron chi connectivity index (χ2n) is 8.98. The minimum atomic E-state index is 0.100. The summed E-state index contributed by atoms with van der Waals surface area (Å²) in [6.45, 7) is 2.81. The number of hydrogen-bond acceptors (Lipinski definition) is 4. The number of carbonyl (C=O) groups is 1. The van der Waals surface area contributed by atoms with Gasteiger partial charge in [0.2, 0.25) is 5.91 Å². The summed E-state index contributed by atoms with van der Waals surface area (Å²) in [6, 6.07) is 26.2. The second-order valence-corrected chi connectivity index (χ2v) is 8.98. The number of para-hydroxylation sites is 4. The van der Waals surface area contributed by atoms with Gasteiger partial charge in [0.15, 0.2) is 11.5 Å². The Balaban J connectivity index is 1.26. The minimum Gasteiger partial charge on any atom is -0.493 e. The van der Waals surface area contributed by atoms with E-state index >= 15 is 0 Å². The van der Waals surface area contributed by atoms with Gasteiger partial charge in [-0.3, -0.25) is 4.79 Å². The summed E-state index contributed by atoms with van der Waals surface area (Å²) in [6.07, 6.45) is 2.37. The van der Waals surface area contributed by atoms with Gasteiger partial charge in [-0.1, -0.05) is 54.6 Å². The SMILES string of the molecule is COc1ccccc1OCCCCn1c([C@@H]2CC(=O)N(Cc3ccccc3)C2)nc2ccccc21. The van der Waals surface area contributed by atoms with Crippen molar-refractivity contribution >= 4 is 16.9 Å². The Labute approximate surface area is 206 Å². The van der Waals surface area contributed by atoms with Crippen molar-refractivity contribution in [1.29, 1.82) is 0 Å². The molecule has 1 atom stereocenters. The molecule has 1 aromatic heterocycles. The molecule has 0 aliphatic carbocycles. The summed E-state index contributed by atoms with van der Waals surface area (Å²) in [5.74, 6) is 2.83. The van der Waals surface area contributed by atoms with Gasteiger partial charge in [-0.25, -0.2) is 4.98 Å². The van der Waals surface area contributed by atoms with Crippen LogP contribution in [0.3, 0.4) is 0 Å². The summed E-state index contributed by atoms with van der Waals surface area (Å²) in [5, 5.41) is 0. The number of nitrogens with zero attached hydrogens (tertiary/aromatic N) is 3.